The van der Waals surface area contributed by atoms with E-state index in [0.717, 1.165) is 44.9 Å². The molecular formula is C58H112N2O6P+. The molecule has 0 aliphatic rings. The third kappa shape index (κ3) is 52.1. The van der Waals surface area contributed by atoms with E-state index in [1.54, 1.807) is 6.08 Å². The summed E-state index contributed by atoms with van der Waals surface area (Å²) in [7, 11) is 1.55. The van der Waals surface area contributed by atoms with E-state index < -0.39 is 20.0 Å². The van der Waals surface area contributed by atoms with E-state index in [1.165, 1.54) is 199 Å². The van der Waals surface area contributed by atoms with E-state index in [1.807, 2.05) is 27.2 Å². The fourth-order valence-corrected chi connectivity index (χ4v) is 8.98. The fourth-order valence-electron chi connectivity index (χ4n) is 8.25. The lowest BCUT2D eigenvalue weighted by atomic mass is 10.0. The SMILES string of the molecule is CCCCCCCC/C=C\CCCCCCCCCCCC(=O)NC(COP(=O)(O)OCC[N+](C)(C)C)C(O)/C=C/CC/C=C/CC/C=C/CCCCCCCCCCCCCCCCCC. The van der Waals surface area contributed by atoms with Gasteiger partial charge in [-0.3, -0.25) is 13.8 Å². The maximum Gasteiger partial charge on any atom is 0.472 e. The molecule has 9 heteroatoms. The molecule has 1 amide bonds. The Balaban J connectivity index is 4.29. The minimum atomic E-state index is -4.36. The third-order valence-electron chi connectivity index (χ3n) is 12.7. The highest BCUT2D eigenvalue weighted by Gasteiger charge is 2.27. The second kappa shape index (κ2) is 49.4. The van der Waals surface area contributed by atoms with Crippen LogP contribution in [0.15, 0.2) is 48.6 Å². The number of carbonyl (C=O) groups is 1. The van der Waals surface area contributed by atoms with Crippen LogP contribution in [-0.2, 0) is 18.4 Å². The molecule has 3 unspecified atom stereocenters. The van der Waals surface area contributed by atoms with E-state index in [4.69, 9.17) is 9.05 Å². The van der Waals surface area contributed by atoms with Gasteiger partial charge in [-0.15, -0.1) is 0 Å². The molecule has 0 aromatic carbocycles. The molecule has 0 radical (unpaired) electrons. The zero-order chi connectivity index (χ0) is 49.2. The zero-order valence-electron chi connectivity index (χ0n) is 44.9. The van der Waals surface area contributed by atoms with Crippen LogP contribution >= 0.6 is 7.82 Å². The molecule has 0 rings (SSSR count). The van der Waals surface area contributed by atoms with Crippen molar-refractivity contribution in [2.45, 2.75) is 276 Å². The molecule has 0 saturated carbocycles. The van der Waals surface area contributed by atoms with Crippen LogP contribution in [0.5, 0.6) is 0 Å². The van der Waals surface area contributed by atoms with Crippen molar-refractivity contribution in [3.63, 3.8) is 0 Å². The van der Waals surface area contributed by atoms with Gasteiger partial charge in [-0.05, 0) is 70.6 Å². The van der Waals surface area contributed by atoms with Crippen LogP contribution in [0, 0.1) is 0 Å². The molecule has 3 N–H and O–H groups in total. The molecular weight excluding hydrogens is 852 g/mol. The Morgan fingerprint density at radius 1 is 0.493 bits per heavy atom. The second-order valence-corrected chi connectivity index (χ2v) is 22.1. The van der Waals surface area contributed by atoms with E-state index >= 15 is 0 Å². The van der Waals surface area contributed by atoms with Crippen LogP contribution in [0.3, 0.4) is 0 Å². The monoisotopic (exact) mass is 964 g/mol. The largest absolute Gasteiger partial charge is 0.472 e. The predicted octanol–water partition coefficient (Wildman–Crippen LogP) is 17.2. The number of quaternary nitrogens is 1. The molecule has 394 valence electrons. The van der Waals surface area contributed by atoms with Crippen LogP contribution < -0.4 is 5.32 Å². The van der Waals surface area contributed by atoms with Gasteiger partial charge in [0.15, 0.2) is 0 Å². The normalized spacial score (nSPS) is 14.3. The van der Waals surface area contributed by atoms with Gasteiger partial charge in [0, 0.05) is 6.42 Å². The number of phosphoric ester groups is 1. The Hall–Kier alpha value is -1.54. The summed E-state index contributed by atoms with van der Waals surface area (Å²) in [6.07, 6.45) is 65.0. The van der Waals surface area contributed by atoms with Crippen molar-refractivity contribution in [3.05, 3.63) is 48.6 Å². The lowest BCUT2D eigenvalue weighted by molar-refractivity contribution is -0.870. The van der Waals surface area contributed by atoms with E-state index in [0.29, 0.717) is 17.4 Å². The Bertz CT molecular complexity index is 1230. The number of likely N-dealkylation sites (N-methyl/N-ethyl adjacent to an activating group) is 1. The average molecular weight is 965 g/mol. The summed E-state index contributed by atoms with van der Waals surface area (Å²) in [5.74, 6) is -0.192. The number of nitrogens with zero attached hydrogens (tertiary/aromatic N) is 1. The topological polar surface area (TPSA) is 105 Å². The van der Waals surface area contributed by atoms with Crippen molar-refractivity contribution in [3.8, 4) is 0 Å². The molecule has 0 bridgehead atoms. The molecule has 0 spiro atoms. The molecule has 67 heavy (non-hydrogen) atoms. The number of amides is 1. The highest BCUT2D eigenvalue weighted by Crippen LogP contribution is 2.43. The van der Waals surface area contributed by atoms with Gasteiger partial charge in [0.1, 0.15) is 13.2 Å². The Morgan fingerprint density at radius 3 is 1.19 bits per heavy atom. The number of allylic oxidation sites excluding steroid dienone is 7. The van der Waals surface area contributed by atoms with Gasteiger partial charge < -0.3 is 19.8 Å². The van der Waals surface area contributed by atoms with Gasteiger partial charge in [0.25, 0.3) is 0 Å². The van der Waals surface area contributed by atoms with Gasteiger partial charge in [-0.2, -0.15) is 0 Å². The van der Waals surface area contributed by atoms with E-state index in [2.05, 4.69) is 55.6 Å². The molecule has 8 nitrogen and oxygen atoms in total. The standard InChI is InChI=1S/C58H111N2O6P/c1-6-8-10-12-14-16-18-20-22-24-26-27-28-29-30-31-32-34-35-37-39-41-43-45-47-49-51-57(61)56(55-66-67(63,64)65-54-53-60(3,4)5)59-58(62)52-50-48-46-44-42-40-38-36-33-25-23-21-19-17-15-13-11-9-7-2/h21,23,34-35,41,43,49,51,56-57,61H,6-20,22,24-33,36-40,42,44-48,50,52-55H2,1-5H3,(H-,59,62,63,64)/p+1/b23-21-,35-34+,43-41+,51-49+. The summed E-state index contributed by atoms with van der Waals surface area (Å²) >= 11 is 0. The van der Waals surface area contributed by atoms with Crippen molar-refractivity contribution < 1.29 is 32.9 Å². The van der Waals surface area contributed by atoms with Crippen molar-refractivity contribution in [2.75, 3.05) is 40.9 Å². The Kier molecular flexibility index (Phi) is 48.3. The number of hydrogen-bond donors (Lipinski definition) is 3. The summed E-state index contributed by atoms with van der Waals surface area (Å²) in [6.45, 7) is 4.81. The van der Waals surface area contributed by atoms with Crippen molar-refractivity contribution in [2.24, 2.45) is 0 Å². The zero-order valence-corrected chi connectivity index (χ0v) is 45.8. The number of aliphatic hydroxyl groups excluding tert-OH is 1. The highest BCUT2D eigenvalue weighted by atomic mass is 31.2. The van der Waals surface area contributed by atoms with Crippen LogP contribution in [-0.4, -0.2) is 73.4 Å². The molecule has 0 aromatic rings. The van der Waals surface area contributed by atoms with Gasteiger partial charge in [-0.25, -0.2) is 4.57 Å². The summed E-state index contributed by atoms with van der Waals surface area (Å²) in [5.41, 5.74) is 0. The molecule has 0 aliphatic heterocycles. The van der Waals surface area contributed by atoms with E-state index in [9.17, 15) is 19.4 Å². The molecule has 0 aromatic heterocycles. The first kappa shape index (κ1) is 65.5. The van der Waals surface area contributed by atoms with Crippen LogP contribution in [0.1, 0.15) is 264 Å². The minimum Gasteiger partial charge on any atom is -0.387 e. The van der Waals surface area contributed by atoms with Crippen molar-refractivity contribution in [1.82, 2.24) is 5.32 Å². The maximum absolute atomic E-state index is 13.0. The molecule has 3 atom stereocenters. The number of rotatable bonds is 52. The van der Waals surface area contributed by atoms with Crippen molar-refractivity contribution >= 4 is 13.7 Å². The number of nitrogens with one attached hydrogen (secondary N) is 1. The highest BCUT2D eigenvalue weighted by molar-refractivity contribution is 7.47. The molecule has 0 fully saturated rings. The maximum atomic E-state index is 13.0. The number of phosphoric acid groups is 1. The van der Waals surface area contributed by atoms with Crippen LogP contribution in [0.4, 0.5) is 0 Å². The predicted molar refractivity (Wildman–Crippen MR) is 291 cm³/mol. The number of hydrogen-bond acceptors (Lipinski definition) is 5. The summed E-state index contributed by atoms with van der Waals surface area (Å²) in [5, 5.41) is 13.9. The van der Waals surface area contributed by atoms with Crippen LogP contribution in [0.2, 0.25) is 0 Å². The first-order valence-electron chi connectivity index (χ1n) is 28.5. The quantitative estimate of drug-likeness (QED) is 0.0243. The Morgan fingerprint density at radius 2 is 0.821 bits per heavy atom. The first-order chi connectivity index (χ1) is 32.5. The third-order valence-corrected chi connectivity index (χ3v) is 13.7. The Labute approximate surface area is 416 Å². The minimum absolute atomic E-state index is 0.0527. The number of carbonyl (C=O) groups excluding carboxylic acids is 1. The van der Waals surface area contributed by atoms with Gasteiger partial charge >= 0.3 is 7.82 Å². The fraction of sp³-hybridized carbons (Fsp3) is 0.845. The van der Waals surface area contributed by atoms with Gasteiger partial charge in [0.2, 0.25) is 5.91 Å². The average Bonchev–Trinajstić information content (AvgIpc) is 3.29. The number of aliphatic hydroxyl groups is 1. The summed E-state index contributed by atoms with van der Waals surface area (Å²) in [4.78, 5) is 23.3. The smallest absolute Gasteiger partial charge is 0.387 e. The van der Waals surface area contributed by atoms with Gasteiger partial charge in [-0.1, -0.05) is 236 Å². The van der Waals surface area contributed by atoms with Gasteiger partial charge in [0.05, 0.1) is 39.9 Å². The molecule has 0 aliphatic carbocycles. The summed E-state index contributed by atoms with van der Waals surface area (Å²) < 4.78 is 23.7. The van der Waals surface area contributed by atoms with Crippen LogP contribution in [0.25, 0.3) is 0 Å². The lowest BCUT2D eigenvalue weighted by Crippen LogP contribution is -2.45. The first-order valence-corrected chi connectivity index (χ1v) is 30.0. The van der Waals surface area contributed by atoms with Crippen molar-refractivity contribution in [1.29, 1.82) is 0 Å². The lowest BCUT2D eigenvalue weighted by Gasteiger charge is -2.25. The molecule has 0 saturated heterocycles. The number of unbranched alkanes of at least 4 members (excludes halogenated alkanes) is 33. The van der Waals surface area contributed by atoms with E-state index in [-0.39, 0.29) is 19.1 Å². The molecule has 0 heterocycles. The second-order valence-electron chi connectivity index (χ2n) is 20.6. The summed E-state index contributed by atoms with van der Waals surface area (Å²) in [6, 6.07) is -0.872.